The topological polar surface area (TPSA) is 57.6 Å². The van der Waals surface area contributed by atoms with E-state index in [1.54, 1.807) is 6.20 Å². The highest BCUT2D eigenvalue weighted by molar-refractivity contribution is 9.07. The molecule has 3 aliphatic rings. The Morgan fingerprint density at radius 3 is 2.87 bits per heavy atom. The lowest BCUT2D eigenvalue weighted by Gasteiger charge is -2.38. The van der Waals surface area contributed by atoms with Crippen LogP contribution in [-0.4, -0.2) is 62.6 Å². The van der Waals surface area contributed by atoms with E-state index in [4.69, 9.17) is 14.7 Å². The minimum absolute atomic E-state index is 0.186. The van der Waals surface area contributed by atoms with Gasteiger partial charge in [-0.15, -0.1) is 0 Å². The zero-order valence-electron chi connectivity index (χ0n) is 18.0. The largest absolute Gasteiger partial charge is 0.462 e. The number of hydrogen-bond donors (Lipinski definition) is 0. The number of anilines is 1. The summed E-state index contributed by atoms with van der Waals surface area (Å²) in [4.78, 5) is 18.2. The van der Waals surface area contributed by atoms with E-state index < -0.39 is 0 Å². The van der Waals surface area contributed by atoms with Crippen LogP contribution in [0.5, 0.6) is 6.01 Å². The normalized spacial score (nSPS) is 24.2. The van der Waals surface area contributed by atoms with Crippen LogP contribution in [-0.2, 0) is 25.9 Å². The van der Waals surface area contributed by atoms with Gasteiger partial charge in [0.05, 0.1) is 18.4 Å². The fourth-order valence-corrected chi connectivity index (χ4v) is 5.33. The van der Waals surface area contributed by atoms with Crippen molar-refractivity contribution in [2.45, 2.75) is 57.8 Å². The molecule has 9 heteroatoms. The van der Waals surface area contributed by atoms with Crippen LogP contribution in [0.2, 0.25) is 0 Å². The van der Waals surface area contributed by atoms with Crippen molar-refractivity contribution in [1.82, 2.24) is 23.8 Å². The maximum absolute atomic E-state index is 14.5. The first-order valence-electron chi connectivity index (χ1n) is 11.0. The number of aromatic nitrogens is 3. The molecule has 2 aromatic rings. The zero-order chi connectivity index (χ0) is 21.5. The van der Waals surface area contributed by atoms with Crippen LogP contribution in [0, 0.1) is 5.82 Å². The van der Waals surface area contributed by atoms with Gasteiger partial charge in [-0.2, -0.15) is 9.97 Å². The summed E-state index contributed by atoms with van der Waals surface area (Å²) < 4.78 is 22.7. The van der Waals surface area contributed by atoms with E-state index in [0.29, 0.717) is 37.3 Å². The van der Waals surface area contributed by atoms with Crippen LogP contribution < -0.4 is 9.64 Å². The Hall–Kier alpha value is -1.84. The lowest BCUT2D eigenvalue weighted by atomic mass is 9.95. The minimum Gasteiger partial charge on any atom is -0.462 e. The van der Waals surface area contributed by atoms with Gasteiger partial charge in [0.15, 0.2) is 0 Å². The summed E-state index contributed by atoms with van der Waals surface area (Å²) in [6, 6.07) is 1.01. The van der Waals surface area contributed by atoms with E-state index in [-0.39, 0.29) is 11.9 Å². The van der Waals surface area contributed by atoms with Crippen LogP contribution in [0.25, 0.3) is 0 Å². The van der Waals surface area contributed by atoms with Gasteiger partial charge >= 0.3 is 6.01 Å². The van der Waals surface area contributed by atoms with Crippen molar-refractivity contribution < 1.29 is 9.13 Å². The standard InChI is InChI=1S/C22H28BrFN6O/c1-14-8-15-9-25-10-19(24)18(15)11-30(14)21-17-5-7-29(23)12-20(17)26-22(27-21)31-13-16-4-3-6-28(16)2/h9-10,14,16H,3-8,11-13H2,1-2H3/t14-,16+/m1/s1. The summed E-state index contributed by atoms with van der Waals surface area (Å²) in [5.41, 5.74) is 3.83. The van der Waals surface area contributed by atoms with E-state index in [0.717, 1.165) is 55.0 Å². The number of fused-ring (bicyclic) bond motifs is 2. The maximum Gasteiger partial charge on any atom is 0.318 e. The molecule has 0 radical (unpaired) electrons. The molecule has 7 nitrogen and oxygen atoms in total. The van der Waals surface area contributed by atoms with Gasteiger partial charge in [-0.25, -0.2) is 8.32 Å². The smallest absolute Gasteiger partial charge is 0.318 e. The summed E-state index contributed by atoms with van der Waals surface area (Å²) in [7, 11) is 2.14. The molecule has 3 aliphatic heterocycles. The van der Waals surface area contributed by atoms with Crippen molar-refractivity contribution in [2.24, 2.45) is 0 Å². The van der Waals surface area contributed by atoms with E-state index in [1.165, 1.54) is 12.6 Å². The van der Waals surface area contributed by atoms with E-state index in [1.807, 2.05) is 0 Å². The minimum atomic E-state index is -0.246. The summed E-state index contributed by atoms with van der Waals surface area (Å²) in [5, 5.41) is 0. The Kier molecular flexibility index (Phi) is 5.83. The Balaban J connectivity index is 1.48. The number of likely N-dealkylation sites (tertiary alicyclic amines) is 1. The lowest BCUT2D eigenvalue weighted by Crippen LogP contribution is -2.41. The van der Waals surface area contributed by atoms with Gasteiger partial charge in [0.25, 0.3) is 0 Å². The first kappa shape index (κ1) is 21.0. The molecule has 0 saturated carbocycles. The number of hydrogen-bond acceptors (Lipinski definition) is 7. The second-order valence-electron chi connectivity index (χ2n) is 8.88. The van der Waals surface area contributed by atoms with Gasteiger partial charge in [0.1, 0.15) is 18.2 Å². The predicted octanol–water partition coefficient (Wildman–Crippen LogP) is 3.10. The average Bonchev–Trinajstić information content (AvgIpc) is 3.16. The molecule has 2 atom stereocenters. The van der Waals surface area contributed by atoms with Crippen LogP contribution in [0.1, 0.15) is 42.1 Å². The highest BCUT2D eigenvalue weighted by Crippen LogP contribution is 2.35. The Morgan fingerprint density at radius 1 is 1.19 bits per heavy atom. The van der Waals surface area contributed by atoms with E-state index in [2.05, 4.69) is 48.8 Å². The summed E-state index contributed by atoms with van der Waals surface area (Å²) in [6.07, 6.45) is 7.01. The van der Waals surface area contributed by atoms with Gasteiger partial charge in [-0.1, -0.05) is 0 Å². The first-order chi connectivity index (χ1) is 15.0. The highest BCUT2D eigenvalue weighted by atomic mass is 79.9. The quantitative estimate of drug-likeness (QED) is 0.610. The molecular weight excluding hydrogens is 463 g/mol. The Labute approximate surface area is 191 Å². The van der Waals surface area contributed by atoms with Crippen LogP contribution in [0.4, 0.5) is 10.2 Å². The lowest BCUT2D eigenvalue weighted by molar-refractivity contribution is 0.187. The molecule has 0 unspecified atom stereocenters. The third kappa shape index (κ3) is 4.15. The number of nitrogens with zero attached hydrogens (tertiary/aromatic N) is 6. The molecule has 0 amide bonds. The molecule has 1 saturated heterocycles. The van der Waals surface area contributed by atoms with Crippen molar-refractivity contribution in [1.29, 1.82) is 0 Å². The van der Waals surface area contributed by atoms with Crippen LogP contribution in [0.15, 0.2) is 12.4 Å². The van der Waals surface area contributed by atoms with Crippen LogP contribution in [0.3, 0.4) is 0 Å². The van der Waals surface area contributed by atoms with Gasteiger partial charge < -0.3 is 14.5 Å². The Bertz CT molecular complexity index is 975. The zero-order valence-corrected chi connectivity index (χ0v) is 19.6. The summed E-state index contributed by atoms with van der Waals surface area (Å²) in [6.45, 7) is 5.92. The molecule has 0 spiro atoms. The molecule has 31 heavy (non-hydrogen) atoms. The average molecular weight is 491 g/mol. The second-order valence-corrected chi connectivity index (χ2v) is 9.88. The molecule has 0 bridgehead atoms. The second kappa shape index (κ2) is 8.60. The Morgan fingerprint density at radius 2 is 2.06 bits per heavy atom. The fraction of sp³-hybridized carbons (Fsp3) is 0.591. The molecular formula is C22H28BrFN6O. The van der Waals surface area contributed by atoms with Gasteiger partial charge in [0, 0.05) is 58.6 Å². The summed E-state index contributed by atoms with van der Waals surface area (Å²) >= 11 is 3.60. The van der Waals surface area contributed by atoms with Crippen molar-refractivity contribution >= 4 is 22.0 Å². The molecule has 1 fully saturated rings. The number of halogens is 2. The van der Waals surface area contributed by atoms with Crippen LogP contribution >= 0.6 is 16.1 Å². The monoisotopic (exact) mass is 490 g/mol. The number of ether oxygens (including phenoxy) is 1. The molecule has 5 rings (SSSR count). The first-order valence-corrected chi connectivity index (χ1v) is 11.7. The van der Waals surface area contributed by atoms with Gasteiger partial charge in [-0.05, 0) is 51.8 Å². The number of likely N-dealkylation sites (N-methyl/N-ethyl adjacent to an activating group) is 1. The van der Waals surface area contributed by atoms with E-state index >= 15 is 0 Å². The molecule has 5 heterocycles. The van der Waals surface area contributed by atoms with Crippen molar-refractivity contribution in [3.05, 3.63) is 40.6 Å². The fourth-order valence-electron chi connectivity index (χ4n) is 4.91. The molecule has 0 aliphatic carbocycles. The summed E-state index contributed by atoms with van der Waals surface area (Å²) in [5.74, 6) is 0.638. The van der Waals surface area contributed by atoms with E-state index in [9.17, 15) is 4.39 Å². The highest BCUT2D eigenvalue weighted by Gasteiger charge is 2.32. The SMILES string of the molecule is C[C@@H]1Cc2cncc(F)c2CN1c1nc(OC[C@@H]2CCCN2C)nc2c1CCN(Br)C2. The van der Waals surface area contributed by atoms with Gasteiger partial charge in [0.2, 0.25) is 0 Å². The third-order valence-corrected chi connectivity index (χ3v) is 7.40. The number of pyridine rings is 1. The van der Waals surface area contributed by atoms with Gasteiger partial charge in [-0.3, -0.25) is 4.98 Å². The number of rotatable bonds is 4. The third-order valence-electron chi connectivity index (χ3n) is 6.79. The molecule has 0 aromatic carbocycles. The molecule has 0 N–H and O–H groups in total. The predicted molar refractivity (Wildman–Crippen MR) is 120 cm³/mol. The van der Waals surface area contributed by atoms with Crippen molar-refractivity contribution in [3.63, 3.8) is 0 Å². The maximum atomic E-state index is 14.5. The van der Waals surface area contributed by atoms with Crippen molar-refractivity contribution in [2.75, 3.05) is 31.6 Å². The molecule has 2 aromatic heterocycles. The van der Waals surface area contributed by atoms with Crippen molar-refractivity contribution in [3.8, 4) is 6.01 Å². The molecule has 166 valence electrons.